The second-order valence-corrected chi connectivity index (χ2v) is 5.27. The Balaban J connectivity index is 1.75. The summed E-state index contributed by atoms with van der Waals surface area (Å²) in [4.78, 5) is 12.3. The van der Waals surface area contributed by atoms with Crippen LogP contribution in [0.25, 0.3) is 0 Å². The molecule has 1 aromatic heterocycles. The van der Waals surface area contributed by atoms with Crippen molar-refractivity contribution in [1.29, 1.82) is 0 Å². The highest BCUT2D eigenvalue weighted by Gasteiger charge is 2.26. The number of aromatic nitrogens is 2. The summed E-state index contributed by atoms with van der Waals surface area (Å²) in [6, 6.07) is 5.21. The summed E-state index contributed by atoms with van der Waals surface area (Å²) in [6.45, 7) is 1.86. The number of aromatic hydroxyl groups is 1. The number of aromatic amines is 1. The molecule has 5 heteroatoms. The Morgan fingerprint density at radius 2 is 2.35 bits per heavy atom. The van der Waals surface area contributed by atoms with Crippen molar-refractivity contribution >= 4 is 11.6 Å². The Morgan fingerprint density at radius 1 is 1.50 bits per heavy atom. The van der Waals surface area contributed by atoms with Crippen LogP contribution in [-0.4, -0.2) is 21.2 Å². The molecule has 0 radical (unpaired) electrons. The Morgan fingerprint density at radius 3 is 3.15 bits per heavy atom. The molecule has 1 aromatic carbocycles. The molecule has 0 aliphatic heterocycles. The molecule has 3 N–H and O–H groups in total. The third-order valence-corrected chi connectivity index (χ3v) is 3.89. The van der Waals surface area contributed by atoms with Crippen LogP contribution in [-0.2, 0) is 17.6 Å². The number of phenols is 1. The summed E-state index contributed by atoms with van der Waals surface area (Å²) in [5, 5.41) is 19.6. The number of nitrogens with zero attached hydrogens (tertiary/aromatic N) is 1. The molecule has 1 aliphatic carbocycles. The predicted octanol–water partition coefficient (Wildman–Crippen LogP) is 2.17. The second-order valence-electron chi connectivity index (χ2n) is 5.27. The molecule has 0 bridgehead atoms. The van der Waals surface area contributed by atoms with E-state index < -0.39 is 0 Å². The fraction of sp³-hybridized carbons (Fsp3) is 0.333. The van der Waals surface area contributed by atoms with E-state index in [9.17, 15) is 9.90 Å². The van der Waals surface area contributed by atoms with Gasteiger partial charge in [0, 0.05) is 18.0 Å². The lowest BCUT2D eigenvalue weighted by Crippen LogP contribution is -2.28. The van der Waals surface area contributed by atoms with Crippen molar-refractivity contribution in [3.63, 3.8) is 0 Å². The van der Waals surface area contributed by atoms with E-state index in [1.807, 2.05) is 19.2 Å². The van der Waals surface area contributed by atoms with E-state index in [1.165, 1.54) is 5.56 Å². The van der Waals surface area contributed by atoms with Crippen molar-refractivity contribution in [3.05, 3.63) is 41.2 Å². The summed E-state index contributed by atoms with van der Waals surface area (Å²) in [7, 11) is 0. The first-order valence-electron chi connectivity index (χ1n) is 6.75. The van der Waals surface area contributed by atoms with Crippen LogP contribution >= 0.6 is 0 Å². The lowest BCUT2D eigenvalue weighted by atomic mass is 9.87. The average Bonchev–Trinajstić information content (AvgIpc) is 2.90. The third-order valence-electron chi connectivity index (χ3n) is 3.89. The summed E-state index contributed by atoms with van der Waals surface area (Å²) in [6.07, 6.45) is 4.18. The van der Waals surface area contributed by atoms with Crippen LogP contribution in [0.4, 0.5) is 5.69 Å². The molecule has 0 fully saturated rings. The van der Waals surface area contributed by atoms with Gasteiger partial charge in [-0.15, -0.1) is 0 Å². The minimum Gasteiger partial charge on any atom is -0.506 e. The van der Waals surface area contributed by atoms with E-state index in [1.54, 1.807) is 12.1 Å². The fourth-order valence-electron chi connectivity index (χ4n) is 2.67. The number of H-pyrrole nitrogens is 1. The monoisotopic (exact) mass is 271 g/mol. The van der Waals surface area contributed by atoms with Crippen LogP contribution < -0.4 is 5.32 Å². The predicted molar refractivity (Wildman–Crippen MR) is 75.6 cm³/mol. The normalized spacial score (nSPS) is 17.6. The van der Waals surface area contributed by atoms with Crippen molar-refractivity contribution in [2.24, 2.45) is 5.92 Å². The molecule has 0 unspecified atom stereocenters. The quantitative estimate of drug-likeness (QED) is 0.732. The molecule has 3 rings (SSSR count). The molecule has 0 saturated carbocycles. The fourth-order valence-corrected chi connectivity index (χ4v) is 2.67. The van der Waals surface area contributed by atoms with Crippen LogP contribution in [0.5, 0.6) is 5.75 Å². The van der Waals surface area contributed by atoms with Crippen LogP contribution in [0.15, 0.2) is 24.4 Å². The third kappa shape index (κ3) is 2.27. The number of aryl methyl sites for hydroxylation is 2. The summed E-state index contributed by atoms with van der Waals surface area (Å²) in [5.74, 6) is -0.0202. The van der Waals surface area contributed by atoms with Gasteiger partial charge in [-0.3, -0.25) is 9.89 Å². The topological polar surface area (TPSA) is 78.0 Å². The SMILES string of the molecule is Cc1cccc(O)c1NC(=O)[C@H]1CCc2cn[nH]c2C1. The van der Waals surface area contributed by atoms with E-state index in [0.717, 1.165) is 24.1 Å². The first-order chi connectivity index (χ1) is 9.65. The molecule has 5 nitrogen and oxygen atoms in total. The van der Waals surface area contributed by atoms with Crippen molar-refractivity contribution in [1.82, 2.24) is 10.2 Å². The molecule has 1 aliphatic rings. The molecular formula is C15H17N3O2. The molecule has 2 aromatic rings. The second kappa shape index (κ2) is 5.00. The van der Waals surface area contributed by atoms with E-state index in [4.69, 9.17) is 0 Å². The van der Waals surface area contributed by atoms with Gasteiger partial charge in [0.2, 0.25) is 5.91 Å². The zero-order chi connectivity index (χ0) is 14.1. The van der Waals surface area contributed by atoms with Gasteiger partial charge in [-0.25, -0.2) is 0 Å². The number of fused-ring (bicyclic) bond motifs is 1. The minimum absolute atomic E-state index is 0.0464. The summed E-state index contributed by atoms with van der Waals surface area (Å²) in [5.41, 5.74) is 3.61. The van der Waals surface area contributed by atoms with Gasteiger partial charge in [0.15, 0.2) is 0 Å². The van der Waals surface area contributed by atoms with E-state index in [0.29, 0.717) is 12.1 Å². The van der Waals surface area contributed by atoms with E-state index >= 15 is 0 Å². The van der Waals surface area contributed by atoms with Crippen LogP contribution in [0, 0.1) is 12.8 Å². The average molecular weight is 271 g/mol. The molecule has 0 saturated heterocycles. The largest absolute Gasteiger partial charge is 0.506 e. The maximum atomic E-state index is 12.3. The van der Waals surface area contributed by atoms with Crippen LogP contribution in [0.1, 0.15) is 23.2 Å². The first-order valence-corrected chi connectivity index (χ1v) is 6.75. The maximum Gasteiger partial charge on any atom is 0.227 e. The molecule has 20 heavy (non-hydrogen) atoms. The Kier molecular flexibility index (Phi) is 3.18. The van der Waals surface area contributed by atoms with Crippen molar-refractivity contribution in [2.45, 2.75) is 26.2 Å². The standard InChI is InChI=1S/C15H17N3O2/c1-9-3-2-4-13(19)14(9)17-15(20)10-5-6-11-8-16-18-12(11)7-10/h2-4,8,10,19H,5-7H2,1H3,(H,16,18)(H,17,20)/t10-/m0/s1. The number of nitrogens with one attached hydrogen (secondary N) is 2. The molecule has 0 spiro atoms. The highest BCUT2D eigenvalue weighted by molar-refractivity contribution is 5.95. The molecule has 104 valence electrons. The van der Waals surface area contributed by atoms with Crippen molar-refractivity contribution < 1.29 is 9.90 Å². The number of rotatable bonds is 2. The van der Waals surface area contributed by atoms with Crippen molar-refractivity contribution in [3.8, 4) is 5.75 Å². The number of phenolic OH excluding ortho intramolecular Hbond substituents is 1. The Bertz CT molecular complexity index is 628. The Hall–Kier alpha value is -2.30. The van der Waals surface area contributed by atoms with Crippen molar-refractivity contribution in [2.75, 3.05) is 5.32 Å². The molecule has 1 atom stereocenters. The molecule has 1 amide bonds. The number of hydrogen-bond donors (Lipinski definition) is 3. The lowest BCUT2D eigenvalue weighted by Gasteiger charge is -2.21. The van der Waals surface area contributed by atoms with Gasteiger partial charge in [0.05, 0.1) is 11.9 Å². The summed E-state index contributed by atoms with van der Waals surface area (Å²) >= 11 is 0. The number of para-hydroxylation sites is 1. The number of anilines is 1. The highest BCUT2D eigenvalue weighted by atomic mass is 16.3. The Labute approximate surface area is 117 Å². The van der Waals surface area contributed by atoms with Gasteiger partial charge >= 0.3 is 0 Å². The van der Waals surface area contributed by atoms with E-state index in [2.05, 4.69) is 15.5 Å². The number of benzene rings is 1. The zero-order valence-electron chi connectivity index (χ0n) is 11.3. The van der Waals surface area contributed by atoms with Gasteiger partial charge in [-0.1, -0.05) is 12.1 Å². The molecular weight excluding hydrogens is 254 g/mol. The maximum absolute atomic E-state index is 12.3. The summed E-state index contributed by atoms with van der Waals surface area (Å²) < 4.78 is 0. The van der Waals surface area contributed by atoms with Gasteiger partial charge in [0.25, 0.3) is 0 Å². The number of hydrogen-bond acceptors (Lipinski definition) is 3. The highest BCUT2D eigenvalue weighted by Crippen LogP contribution is 2.29. The van der Waals surface area contributed by atoms with Crippen LogP contribution in [0.2, 0.25) is 0 Å². The van der Waals surface area contributed by atoms with E-state index in [-0.39, 0.29) is 17.6 Å². The smallest absolute Gasteiger partial charge is 0.227 e. The van der Waals surface area contributed by atoms with Gasteiger partial charge in [-0.2, -0.15) is 5.10 Å². The van der Waals surface area contributed by atoms with Gasteiger partial charge in [0.1, 0.15) is 5.75 Å². The molecule has 1 heterocycles. The minimum atomic E-state index is -0.0815. The van der Waals surface area contributed by atoms with Crippen LogP contribution in [0.3, 0.4) is 0 Å². The number of amides is 1. The number of carbonyl (C=O) groups is 1. The number of carbonyl (C=O) groups excluding carboxylic acids is 1. The van der Waals surface area contributed by atoms with Gasteiger partial charge in [-0.05, 0) is 37.0 Å². The van der Waals surface area contributed by atoms with Gasteiger partial charge < -0.3 is 10.4 Å². The zero-order valence-corrected chi connectivity index (χ0v) is 11.3. The first kappa shape index (κ1) is 12.7. The lowest BCUT2D eigenvalue weighted by molar-refractivity contribution is -0.120.